The molecule has 0 saturated carbocycles. The SMILES string of the molecule is c1ccc2c(c1)oc1ccc(-c3ccc4oc5cccc(-c6nc(-c7ccc8oc9ccccc9c8c7)nc(-c7cccc8oc9ccc(-c%10ccc%11oc%12ccccc%12c%11c%10)cc9c78)n6)c5c4c3)cc12. The second-order valence-electron chi connectivity index (χ2n) is 18.2. The van der Waals surface area contributed by atoms with Crippen LogP contribution < -0.4 is 0 Å². The Balaban J connectivity index is 0.906. The third kappa shape index (κ3) is 5.76. The molecule has 6 heterocycles. The number of rotatable bonds is 5. The molecule has 8 nitrogen and oxygen atoms in total. The van der Waals surface area contributed by atoms with Crippen LogP contribution in [0.5, 0.6) is 0 Å². The maximum Gasteiger partial charge on any atom is 0.164 e. The van der Waals surface area contributed by atoms with Gasteiger partial charge in [-0.3, -0.25) is 0 Å². The third-order valence-corrected chi connectivity index (χ3v) is 14.2. The normalized spacial score (nSPS) is 12.2. The van der Waals surface area contributed by atoms with E-state index in [1.54, 1.807) is 0 Å². The number of aromatic nitrogens is 3. The van der Waals surface area contributed by atoms with Crippen molar-refractivity contribution in [2.45, 2.75) is 0 Å². The minimum Gasteiger partial charge on any atom is -0.456 e. The molecule has 0 radical (unpaired) electrons. The molecule has 0 saturated heterocycles. The topological polar surface area (TPSA) is 104 Å². The molecule has 8 heteroatoms. The van der Waals surface area contributed by atoms with Crippen LogP contribution in [0.3, 0.4) is 0 Å². The van der Waals surface area contributed by atoms with Crippen LogP contribution >= 0.6 is 0 Å². The van der Waals surface area contributed by atoms with Gasteiger partial charge in [-0.15, -0.1) is 0 Å². The highest BCUT2D eigenvalue weighted by Crippen LogP contribution is 2.43. The molecule has 0 fully saturated rings. The summed E-state index contributed by atoms with van der Waals surface area (Å²) < 4.78 is 31.8. The maximum absolute atomic E-state index is 6.60. The average Bonchev–Trinajstić information content (AvgIpc) is 4.25. The van der Waals surface area contributed by atoms with Crippen molar-refractivity contribution in [3.63, 3.8) is 0 Å². The Morgan fingerprint density at radius 2 is 0.507 bits per heavy atom. The van der Waals surface area contributed by atoms with Gasteiger partial charge in [-0.05, 0) is 119 Å². The highest BCUT2D eigenvalue weighted by atomic mass is 16.3. The molecule has 0 aliphatic rings. The van der Waals surface area contributed by atoms with Crippen molar-refractivity contribution < 1.29 is 22.1 Å². The minimum atomic E-state index is 0.512. The van der Waals surface area contributed by atoms with Crippen LogP contribution in [0.2, 0.25) is 0 Å². The van der Waals surface area contributed by atoms with Crippen molar-refractivity contribution in [3.8, 4) is 56.4 Å². The molecule has 330 valence electrons. The summed E-state index contributed by atoms with van der Waals surface area (Å²) in [6, 6.07) is 68.2. The van der Waals surface area contributed by atoms with Crippen molar-refractivity contribution >= 4 is 110 Å². The van der Waals surface area contributed by atoms with E-state index in [-0.39, 0.29) is 0 Å². The molecule has 0 spiro atoms. The molecule has 0 aliphatic heterocycles. The fourth-order valence-corrected chi connectivity index (χ4v) is 10.8. The lowest BCUT2D eigenvalue weighted by atomic mass is 9.98. The second-order valence-corrected chi connectivity index (χ2v) is 18.2. The maximum atomic E-state index is 6.60. The van der Waals surface area contributed by atoms with E-state index in [0.717, 1.165) is 149 Å². The molecule has 0 bridgehead atoms. The molecular formula is C63H33N3O5. The number of hydrogen-bond acceptors (Lipinski definition) is 8. The Morgan fingerprint density at radius 1 is 0.211 bits per heavy atom. The van der Waals surface area contributed by atoms with E-state index in [0.29, 0.717) is 17.5 Å². The Morgan fingerprint density at radius 3 is 0.930 bits per heavy atom. The van der Waals surface area contributed by atoms with Gasteiger partial charge in [0.25, 0.3) is 0 Å². The van der Waals surface area contributed by atoms with Crippen molar-refractivity contribution in [1.29, 1.82) is 0 Å². The lowest BCUT2D eigenvalue weighted by molar-refractivity contribution is 0.668. The van der Waals surface area contributed by atoms with E-state index >= 15 is 0 Å². The van der Waals surface area contributed by atoms with Gasteiger partial charge in [-0.25, -0.2) is 15.0 Å². The monoisotopic (exact) mass is 911 g/mol. The van der Waals surface area contributed by atoms with Gasteiger partial charge in [-0.1, -0.05) is 103 Å². The molecule has 71 heavy (non-hydrogen) atoms. The predicted molar refractivity (Wildman–Crippen MR) is 283 cm³/mol. The van der Waals surface area contributed by atoms with Crippen molar-refractivity contribution in [1.82, 2.24) is 15.0 Å². The summed E-state index contributed by atoms with van der Waals surface area (Å²) in [7, 11) is 0. The molecule has 0 aliphatic carbocycles. The fourth-order valence-electron chi connectivity index (χ4n) is 10.8. The number of benzene rings is 10. The quantitative estimate of drug-likeness (QED) is 0.168. The smallest absolute Gasteiger partial charge is 0.164 e. The minimum absolute atomic E-state index is 0.512. The molecular weight excluding hydrogens is 879 g/mol. The van der Waals surface area contributed by atoms with Crippen LogP contribution in [0, 0.1) is 0 Å². The first-order valence-corrected chi connectivity index (χ1v) is 23.5. The lowest BCUT2D eigenvalue weighted by Gasteiger charge is -2.10. The van der Waals surface area contributed by atoms with Crippen LogP contribution in [0.1, 0.15) is 0 Å². The van der Waals surface area contributed by atoms with Crippen LogP contribution in [0.4, 0.5) is 0 Å². The number of nitrogens with zero attached hydrogens (tertiary/aromatic N) is 3. The summed E-state index contributed by atoms with van der Waals surface area (Å²) in [6.45, 7) is 0. The number of para-hydroxylation sites is 3. The van der Waals surface area contributed by atoms with E-state index in [4.69, 9.17) is 37.0 Å². The Labute approximate surface area is 401 Å². The van der Waals surface area contributed by atoms with Crippen molar-refractivity contribution in [2.24, 2.45) is 0 Å². The molecule has 6 aromatic heterocycles. The van der Waals surface area contributed by atoms with E-state index in [9.17, 15) is 0 Å². The van der Waals surface area contributed by atoms with E-state index < -0.39 is 0 Å². The number of furan rings is 5. The zero-order chi connectivity index (χ0) is 46.3. The highest BCUT2D eigenvalue weighted by molar-refractivity contribution is 6.16. The first-order chi connectivity index (χ1) is 35.1. The summed E-state index contributed by atoms with van der Waals surface area (Å²) in [4.78, 5) is 16.1. The number of fused-ring (bicyclic) bond motifs is 15. The average molecular weight is 912 g/mol. The van der Waals surface area contributed by atoms with Crippen molar-refractivity contribution in [2.75, 3.05) is 0 Å². The van der Waals surface area contributed by atoms with Gasteiger partial charge in [0.05, 0.1) is 0 Å². The van der Waals surface area contributed by atoms with E-state index in [1.807, 2.05) is 91.0 Å². The van der Waals surface area contributed by atoms with Gasteiger partial charge in [0, 0.05) is 70.6 Å². The Bertz CT molecular complexity index is 4660. The largest absolute Gasteiger partial charge is 0.456 e. The van der Waals surface area contributed by atoms with Crippen LogP contribution in [0.15, 0.2) is 222 Å². The van der Waals surface area contributed by atoms with Gasteiger partial charge >= 0.3 is 0 Å². The zero-order valence-electron chi connectivity index (χ0n) is 37.4. The Hall–Kier alpha value is -9.79. The van der Waals surface area contributed by atoms with Gasteiger partial charge in [0.1, 0.15) is 55.8 Å². The molecule has 10 aromatic carbocycles. The molecule has 0 unspecified atom stereocenters. The van der Waals surface area contributed by atoms with E-state index in [1.165, 1.54) is 0 Å². The van der Waals surface area contributed by atoms with E-state index in [2.05, 4.69) is 109 Å². The summed E-state index contributed by atoms with van der Waals surface area (Å²) in [5.41, 5.74) is 14.8. The van der Waals surface area contributed by atoms with Crippen LogP contribution in [-0.4, -0.2) is 15.0 Å². The van der Waals surface area contributed by atoms with Gasteiger partial charge < -0.3 is 22.1 Å². The van der Waals surface area contributed by atoms with Gasteiger partial charge in [0.2, 0.25) is 0 Å². The molecule has 0 N–H and O–H groups in total. The summed E-state index contributed by atoms with van der Waals surface area (Å²) in [5.74, 6) is 1.55. The molecule has 16 aromatic rings. The molecule has 0 amide bonds. The van der Waals surface area contributed by atoms with Gasteiger partial charge in [-0.2, -0.15) is 0 Å². The zero-order valence-corrected chi connectivity index (χ0v) is 37.4. The molecule has 16 rings (SSSR count). The molecule has 0 atom stereocenters. The predicted octanol–water partition coefficient (Wildman–Crippen LogP) is 17.7. The number of hydrogen-bond donors (Lipinski definition) is 0. The van der Waals surface area contributed by atoms with Crippen LogP contribution in [-0.2, 0) is 0 Å². The van der Waals surface area contributed by atoms with Crippen LogP contribution in [0.25, 0.3) is 166 Å². The summed E-state index contributed by atoms with van der Waals surface area (Å²) >= 11 is 0. The standard InChI is InChI=1S/C63H33N3O5/c1-4-14-49-39(9-1)44-29-34(19-24-52(44)67-49)36-21-26-55-47(31-36)59-42(12-7-17-57(59)70-55)62-64-61(38-23-28-54-46(33-38)41-11-3-6-16-51(41)69-54)65-63(66-62)43-13-8-18-58-60(43)48-32-37(22-27-56(48)71-58)35-20-25-53-45(30-35)40-10-2-5-15-50(40)68-53/h1-33H. The lowest BCUT2D eigenvalue weighted by Crippen LogP contribution is -2.00. The van der Waals surface area contributed by atoms with Crippen molar-refractivity contribution in [3.05, 3.63) is 200 Å². The first kappa shape index (κ1) is 38.2. The first-order valence-electron chi connectivity index (χ1n) is 23.5. The Kier molecular flexibility index (Phi) is 7.73. The van der Waals surface area contributed by atoms with Gasteiger partial charge in [0.15, 0.2) is 17.5 Å². The second kappa shape index (κ2) is 14.4. The summed E-state index contributed by atoms with van der Waals surface area (Å²) in [5, 5.41) is 10.1. The summed E-state index contributed by atoms with van der Waals surface area (Å²) in [6.07, 6.45) is 0. The highest BCUT2D eigenvalue weighted by Gasteiger charge is 2.22. The third-order valence-electron chi connectivity index (χ3n) is 14.2. The fraction of sp³-hybridized carbons (Fsp3) is 0.